The van der Waals surface area contributed by atoms with Crippen LogP contribution in [0.3, 0.4) is 0 Å². The number of piperazine rings is 1. The van der Waals surface area contributed by atoms with Gasteiger partial charge in [0, 0.05) is 51.7 Å². The Labute approximate surface area is 212 Å². The highest BCUT2D eigenvalue weighted by Crippen LogP contribution is 2.30. The molecule has 1 aliphatic heterocycles. The topological polar surface area (TPSA) is 86.8 Å². The van der Waals surface area contributed by atoms with Crippen LogP contribution >= 0.6 is 0 Å². The highest BCUT2D eigenvalue weighted by Gasteiger charge is 2.27. The Balaban J connectivity index is 1.33. The summed E-state index contributed by atoms with van der Waals surface area (Å²) in [6, 6.07) is 21.7. The molecule has 2 N–H and O–H groups in total. The number of hydrogen-bond donors (Lipinski definition) is 2. The zero-order chi connectivity index (χ0) is 25.2. The summed E-state index contributed by atoms with van der Waals surface area (Å²) < 4.78 is 5.53. The molecule has 2 amide bonds. The largest absolute Gasteiger partial charge is 0.495 e. The Morgan fingerprint density at radius 2 is 1.64 bits per heavy atom. The van der Waals surface area contributed by atoms with Crippen LogP contribution in [0.4, 0.5) is 5.69 Å². The Hall–Kier alpha value is -3.91. The Bertz CT molecular complexity index is 1120. The molecule has 36 heavy (non-hydrogen) atoms. The predicted molar refractivity (Wildman–Crippen MR) is 140 cm³/mol. The van der Waals surface area contributed by atoms with E-state index in [1.807, 2.05) is 66.9 Å². The second-order valence-electron chi connectivity index (χ2n) is 8.70. The van der Waals surface area contributed by atoms with E-state index in [4.69, 9.17) is 4.74 Å². The maximum Gasteiger partial charge on any atom is 0.309 e. The van der Waals surface area contributed by atoms with Gasteiger partial charge in [0.1, 0.15) is 5.75 Å². The van der Waals surface area contributed by atoms with Gasteiger partial charge in [-0.1, -0.05) is 48.5 Å². The fourth-order valence-electron chi connectivity index (χ4n) is 4.51. The Kier molecular flexibility index (Phi) is 8.88. The van der Waals surface area contributed by atoms with E-state index < -0.39 is 11.8 Å². The number of para-hydroxylation sites is 2. The van der Waals surface area contributed by atoms with Gasteiger partial charge in [-0.25, -0.2) is 0 Å². The zero-order valence-corrected chi connectivity index (χ0v) is 20.6. The van der Waals surface area contributed by atoms with Gasteiger partial charge in [0.05, 0.1) is 18.8 Å². The number of nitrogens with one attached hydrogen (secondary N) is 2. The quantitative estimate of drug-likeness (QED) is 0.451. The molecule has 1 saturated heterocycles. The molecule has 1 fully saturated rings. The molecule has 8 heteroatoms. The minimum atomic E-state index is -0.621. The summed E-state index contributed by atoms with van der Waals surface area (Å²) in [5.74, 6) is -0.373. The maximum atomic E-state index is 12.5. The van der Waals surface area contributed by atoms with Gasteiger partial charge in [0.2, 0.25) is 0 Å². The Morgan fingerprint density at radius 3 is 2.36 bits per heavy atom. The van der Waals surface area contributed by atoms with Crippen LogP contribution in [0.15, 0.2) is 79.1 Å². The van der Waals surface area contributed by atoms with Crippen molar-refractivity contribution < 1.29 is 14.3 Å². The smallest absolute Gasteiger partial charge is 0.309 e. The molecule has 0 bridgehead atoms. The van der Waals surface area contributed by atoms with Gasteiger partial charge in [0.25, 0.3) is 0 Å². The number of carbonyl (C=O) groups excluding carboxylic acids is 2. The lowest BCUT2D eigenvalue weighted by atomic mass is 10.1. The molecule has 0 unspecified atom stereocenters. The SMILES string of the molecule is COc1ccccc1N1CCN([C@@H](CNC(=O)C(=O)NCCc2ccccc2)c2cccnc2)CC1. The van der Waals surface area contributed by atoms with Gasteiger partial charge in [-0.15, -0.1) is 0 Å². The first-order valence-electron chi connectivity index (χ1n) is 12.3. The molecule has 1 atom stereocenters. The van der Waals surface area contributed by atoms with Crippen LogP contribution in [0.25, 0.3) is 0 Å². The van der Waals surface area contributed by atoms with Gasteiger partial charge in [-0.2, -0.15) is 0 Å². The van der Waals surface area contributed by atoms with Crippen LogP contribution in [-0.2, 0) is 16.0 Å². The average Bonchev–Trinajstić information content (AvgIpc) is 2.94. The van der Waals surface area contributed by atoms with E-state index in [-0.39, 0.29) is 6.04 Å². The standard InChI is InChI=1S/C28H33N5O3/c1-36-26-12-6-5-11-24(26)32-16-18-33(19-17-32)25(23-10-7-14-29-20-23)21-31-28(35)27(34)30-15-13-22-8-3-2-4-9-22/h2-12,14,20,25H,13,15-19,21H2,1H3,(H,30,34)(H,31,35)/t25-/m0/s1. The number of hydrogen-bond acceptors (Lipinski definition) is 6. The molecular weight excluding hydrogens is 454 g/mol. The predicted octanol–water partition coefficient (Wildman–Crippen LogP) is 2.43. The number of ether oxygens (including phenoxy) is 1. The van der Waals surface area contributed by atoms with Crippen LogP contribution in [0, 0.1) is 0 Å². The Morgan fingerprint density at radius 1 is 0.917 bits per heavy atom. The van der Waals surface area contributed by atoms with E-state index in [1.54, 1.807) is 13.3 Å². The summed E-state index contributed by atoms with van der Waals surface area (Å²) in [6.45, 7) is 3.99. The first kappa shape index (κ1) is 25.2. The molecule has 1 aliphatic rings. The van der Waals surface area contributed by atoms with Gasteiger partial charge in [-0.3, -0.25) is 19.5 Å². The molecule has 0 saturated carbocycles. The zero-order valence-electron chi connectivity index (χ0n) is 20.6. The van der Waals surface area contributed by atoms with E-state index in [0.717, 1.165) is 48.7 Å². The van der Waals surface area contributed by atoms with Gasteiger partial charge >= 0.3 is 11.8 Å². The van der Waals surface area contributed by atoms with E-state index in [2.05, 4.69) is 31.5 Å². The number of methoxy groups -OCH3 is 1. The number of rotatable bonds is 9. The summed E-state index contributed by atoms with van der Waals surface area (Å²) in [7, 11) is 1.69. The van der Waals surface area contributed by atoms with Crippen molar-refractivity contribution in [3.63, 3.8) is 0 Å². The van der Waals surface area contributed by atoms with Crippen molar-refractivity contribution in [2.45, 2.75) is 12.5 Å². The first-order valence-corrected chi connectivity index (χ1v) is 12.3. The fourth-order valence-corrected chi connectivity index (χ4v) is 4.51. The molecule has 188 valence electrons. The van der Waals surface area contributed by atoms with Crippen molar-refractivity contribution in [1.29, 1.82) is 0 Å². The molecule has 0 spiro atoms. The van der Waals surface area contributed by atoms with E-state index in [1.165, 1.54) is 0 Å². The summed E-state index contributed by atoms with van der Waals surface area (Å²) in [4.78, 5) is 33.8. The van der Waals surface area contributed by atoms with Gasteiger partial charge < -0.3 is 20.3 Å². The molecule has 3 aromatic rings. The van der Waals surface area contributed by atoms with Gasteiger partial charge in [0.15, 0.2) is 0 Å². The number of amides is 2. The highest BCUT2D eigenvalue weighted by molar-refractivity contribution is 6.35. The molecular formula is C28H33N5O3. The third kappa shape index (κ3) is 6.60. The number of benzene rings is 2. The third-order valence-corrected chi connectivity index (χ3v) is 6.45. The monoisotopic (exact) mass is 487 g/mol. The van der Waals surface area contributed by atoms with Crippen LogP contribution < -0.4 is 20.3 Å². The average molecular weight is 488 g/mol. The molecule has 2 heterocycles. The second kappa shape index (κ2) is 12.7. The number of nitrogens with zero attached hydrogens (tertiary/aromatic N) is 3. The molecule has 0 aliphatic carbocycles. The van der Waals surface area contributed by atoms with Gasteiger partial charge in [-0.05, 0) is 35.7 Å². The highest BCUT2D eigenvalue weighted by atomic mass is 16.5. The minimum Gasteiger partial charge on any atom is -0.495 e. The van der Waals surface area contributed by atoms with E-state index in [0.29, 0.717) is 19.5 Å². The van der Waals surface area contributed by atoms with Crippen molar-refractivity contribution >= 4 is 17.5 Å². The summed E-state index contributed by atoms with van der Waals surface area (Å²) in [5.41, 5.74) is 3.20. The van der Waals surface area contributed by atoms with Crippen molar-refractivity contribution in [2.75, 3.05) is 51.3 Å². The van der Waals surface area contributed by atoms with Crippen molar-refractivity contribution in [3.8, 4) is 5.75 Å². The number of aromatic nitrogens is 1. The number of anilines is 1. The molecule has 4 rings (SSSR count). The minimum absolute atomic E-state index is 0.0837. The number of carbonyl (C=O) groups is 2. The van der Waals surface area contributed by atoms with E-state index >= 15 is 0 Å². The van der Waals surface area contributed by atoms with E-state index in [9.17, 15) is 9.59 Å². The lowest BCUT2D eigenvalue weighted by Crippen LogP contribution is -2.51. The lowest BCUT2D eigenvalue weighted by Gasteiger charge is -2.40. The molecule has 2 aromatic carbocycles. The fraction of sp³-hybridized carbons (Fsp3) is 0.321. The van der Waals surface area contributed by atoms with Crippen LogP contribution in [0.5, 0.6) is 5.75 Å². The summed E-state index contributed by atoms with van der Waals surface area (Å²) >= 11 is 0. The summed E-state index contributed by atoms with van der Waals surface area (Å²) in [5, 5.41) is 5.55. The maximum absolute atomic E-state index is 12.5. The summed E-state index contributed by atoms with van der Waals surface area (Å²) in [6.07, 6.45) is 4.23. The number of pyridine rings is 1. The van der Waals surface area contributed by atoms with Crippen molar-refractivity contribution in [2.24, 2.45) is 0 Å². The molecule has 1 aromatic heterocycles. The van der Waals surface area contributed by atoms with Crippen LogP contribution in [-0.4, -0.2) is 68.1 Å². The normalized spacial score (nSPS) is 14.6. The molecule has 8 nitrogen and oxygen atoms in total. The second-order valence-corrected chi connectivity index (χ2v) is 8.70. The van der Waals surface area contributed by atoms with Crippen LogP contribution in [0.2, 0.25) is 0 Å². The third-order valence-electron chi connectivity index (χ3n) is 6.45. The molecule has 0 radical (unpaired) electrons. The van der Waals surface area contributed by atoms with Crippen molar-refractivity contribution in [1.82, 2.24) is 20.5 Å². The lowest BCUT2D eigenvalue weighted by molar-refractivity contribution is -0.139. The van der Waals surface area contributed by atoms with Crippen molar-refractivity contribution in [3.05, 3.63) is 90.3 Å². The van der Waals surface area contributed by atoms with Crippen LogP contribution in [0.1, 0.15) is 17.2 Å². The first-order chi connectivity index (χ1) is 17.7.